The van der Waals surface area contributed by atoms with E-state index < -0.39 is 0 Å². The minimum absolute atomic E-state index is 0.0947. The van der Waals surface area contributed by atoms with Crippen molar-refractivity contribution in [3.8, 4) is 0 Å². The Morgan fingerprint density at radius 1 is 0.882 bits per heavy atom. The second-order valence-corrected chi connectivity index (χ2v) is 4.62. The highest BCUT2D eigenvalue weighted by atomic mass is 16.5. The van der Waals surface area contributed by atoms with Crippen LogP contribution in [0.1, 0.15) is 66.2 Å². The first-order valence-corrected chi connectivity index (χ1v) is 6.68. The Balaban J connectivity index is 3.68. The van der Waals surface area contributed by atoms with Gasteiger partial charge in [0.1, 0.15) is 11.6 Å². The van der Waals surface area contributed by atoms with Gasteiger partial charge in [-0.3, -0.25) is 9.59 Å². The first-order valence-electron chi connectivity index (χ1n) is 6.68. The summed E-state index contributed by atoms with van der Waals surface area (Å²) in [6, 6.07) is 0. The van der Waals surface area contributed by atoms with E-state index in [1.807, 2.05) is 27.7 Å². The van der Waals surface area contributed by atoms with Crippen molar-refractivity contribution in [2.24, 2.45) is 0 Å². The third-order valence-corrected chi connectivity index (χ3v) is 2.91. The van der Waals surface area contributed by atoms with Gasteiger partial charge in [0, 0.05) is 25.7 Å². The first kappa shape index (κ1) is 16.3. The molecule has 0 fully saturated rings. The van der Waals surface area contributed by atoms with Crippen LogP contribution in [0.5, 0.6) is 0 Å². The van der Waals surface area contributed by atoms with Crippen LogP contribution in [0.2, 0.25) is 0 Å². The lowest BCUT2D eigenvalue weighted by Crippen LogP contribution is -2.19. The zero-order valence-corrected chi connectivity index (χ0v) is 11.6. The third-order valence-electron chi connectivity index (χ3n) is 2.91. The van der Waals surface area contributed by atoms with Crippen molar-refractivity contribution in [3.05, 3.63) is 0 Å². The highest BCUT2D eigenvalue weighted by Gasteiger charge is 2.11. The molecule has 100 valence electrons. The number of hydrogen-bond donors (Lipinski definition) is 0. The monoisotopic (exact) mass is 242 g/mol. The molecule has 0 aliphatic heterocycles. The van der Waals surface area contributed by atoms with Gasteiger partial charge in [-0.1, -0.05) is 13.8 Å². The minimum Gasteiger partial charge on any atom is -0.376 e. The molecule has 3 heteroatoms. The van der Waals surface area contributed by atoms with Crippen LogP contribution in [0.25, 0.3) is 0 Å². The van der Waals surface area contributed by atoms with E-state index >= 15 is 0 Å². The highest BCUT2D eigenvalue weighted by molar-refractivity contribution is 5.78. The van der Waals surface area contributed by atoms with Crippen LogP contribution in [0.4, 0.5) is 0 Å². The number of Topliss-reactive ketones (excluding diaryl/α,β-unsaturated/α-hetero) is 2. The molecule has 0 spiro atoms. The van der Waals surface area contributed by atoms with E-state index in [1.54, 1.807) is 0 Å². The number of carbonyl (C=O) groups is 2. The first-order chi connectivity index (χ1) is 7.99. The van der Waals surface area contributed by atoms with E-state index in [0.29, 0.717) is 25.7 Å². The smallest absolute Gasteiger partial charge is 0.132 e. The average molecular weight is 242 g/mol. The maximum Gasteiger partial charge on any atom is 0.132 e. The Labute approximate surface area is 105 Å². The van der Waals surface area contributed by atoms with Crippen LogP contribution in [-0.4, -0.2) is 23.8 Å². The van der Waals surface area contributed by atoms with Crippen molar-refractivity contribution in [1.29, 1.82) is 0 Å². The van der Waals surface area contributed by atoms with Gasteiger partial charge in [-0.25, -0.2) is 0 Å². The molecule has 2 unspecified atom stereocenters. The van der Waals surface area contributed by atoms with Gasteiger partial charge in [-0.05, 0) is 26.7 Å². The lowest BCUT2D eigenvalue weighted by atomic mass is 10.1. The summed E-state index contributed by atoms with van der Waals surface area (Å²) in [5.41, 5.74) is 0. The van der Waals surface area contributed by atoms with Crippen molar-refractivity contribution in [3.63, 3.8) is 0 Å². The number of carbonyl (C=O) groups excluding carboxylic acids is 2. The normalized spacial score (nSPS) is 14.4. The summed E-state index contributed by atoms with van der Waals surface area (Å²) in [6.45, 7) is 7.74. The molecule has 0 aromatic heterocycles. The highest BCUT2D eigenvalue weighted by Crippen LogP contribution is 2.10. The Bertz CT molecular complexity index is 212. The predicted molar refractivity (Wildman–Crippen MR) is 69.1 cm³/mol. The topological polar surface area (TPSA) is 43.4 Å². The van der Waals surface area contributed by atoms with Crippen LogP contribution in [0.15, 0.2) is 0 Å². The summed E-state index contributed by atoms with van der Waals surface area (Å²) < 4.78 is 5.74. The van der Waals surface area contributed by atoms with Gasteiger partial charge in [-0.15, -0.1) is 0 Å². The van der Waals surface area contributed by atoms with Crippen LogP contribution in [0, 0.1) is 0 Å². The molecular weight excluding hydrogens is 216 g/mol. The Kier molecular flexibility index (Phi) is 8.96. The molecule has 0 heterocycles. The number of ketones is 2. The molecule has 0 saturated carbocycles. The zero-order valence-electron chi connectivity index (χ0n) is 11.6. The second-order valence-electron chi connectivity index (χ2n) is 4.62. The van der Waals surface area contributed by atoms with Crippen molar-refractivity contribution in [1.82, 2.24) is 0 Å². The van der Waals surface area contributed by atoms with E-state index in [1.165, 1.54) is 0 Å². The maximum absolute atomic E-state index is 11.2. The standard InChI is InChI=1S/C14H26O3/c1-5-13(15)9-7-11(3)17-12(4)8-10-14(16)6-2/h11-12H,5-10H2,1-4H3. The number of hydrogen-bond acceptors (Lipinski definition) is 3. The van der Waals surface area contributed by atoms with E-state index in [-0.39, 0.29) is 23.8 Å². The fourth-order valence-electron chi connectivity index (χ4n) is 1.61. The predicted octanol–water partition coefficient (Wildman–Crippen LogP) is 3.30. The minimum atomic E-state index is 0.0947. The summed E-state index contributed by atoms with van der Waals surface area (Å²) in [6.07, 6.45) is 4.14. The number of rotatable bonds is 10. The molecule has 0 aliphatic carbocycles. The molecule has 0 aromatic rings. The molecule has 17 heavy (non-hydrogen) atoms. The summed E-state index contributed by atoms with van der Waals surface area (Å²) in [7, 11) is 0. The van der Waals surface area contributed by atoms with Crippen LogP contribution >= 0.6 is 0 Å². The van der Waals surface area contributed by atoms with Crippen LogP contribution in [0.3, 0.4) is 0 Å². The molecule has 2 atom stereocenters. The fraction of sp³-hybridized carbons (Fsp3) is 0.857. The quantitative estimate of drug-likeness (QED) is 0.590. The average Bonchev–Trinajstić information content (AvgIpc) is 2.32. The molecule has 0 aliphatic rings. The van der Waals surface area contributed by atoms with E-state index in [4.69, 9.17) is 4.74 Å². The molecule has 0 radical (unpaired) electrons. The van der Waals surface area contributed by atoms with Crippen LogP contribution < -0.4 is 0 Å². The van der Waals surface area contributed by atoms with Gasteiger partial charge in [0.2, 0.25) is 0 Å². The molecule has 0 amide bonds. The Morgan fingerprint density at radius 3 is 1.53 bits per heavy atom. The number of ether oxygens (including phenoxy) is 1. The van der Waals surface area contributed by atoms with Gasteiger partial charge < -0.3 is 4.74 Å². The lowest BCUT2D eigenvalue weighted by molar-refractivity contribution is -0.119. The van der Waals surface area contributed by atoms with E-state index in [2.05, 4.69) is 0 Å². The Morgan fingerprint density at radius 2 is 1.24 bits per heavy atom. The molecule has 3 nitrogen and oxygen atoms in total. The van der Waals surface area contributed by atoms with Gasteiger partial charge in [0.15, 0.2) is 0 Å². The van der Waals surface area contributed by atoms with Gasteiger partial charge >= 0.3 is 0 Å². The van der Waals surface area contributed by atoms with Gasteiger partial charge in [0.25, 0.3) is 0 Å². The molecule has 0 bridgehead atoms. The maximum atomic E-state index is 11.2. The SMILES string of the molecule is CCC(=O)CCC(C)OC(C)CCC(=O)CC. The molecule has 0 N–H and O–H groups in total. The summed E-state index contributed by atoms with van der Waals surface area (Å²) in [4.78, 5) is 22.3. The van der Waals surface area contributed by atoms with Crippen molar-refractivity contribution in [2.45, 2.75) is 78.4 Å². The molecular formula is C14H26O3. The zero-order chi connectivity index (χ0) is 13.3. The van der Waals surface area contributed by atoms with E-state index in [0.717, 1.165) is 12.8 Å². The third kappa shape index (κ3) is 9.04. The fourth-order valence-corrected chi connectivity index (χ4v) is 1.61. The summed E-state index contributed by atoms with van der Waals surface area (Å²) >= 11 is 0. The van der Waals surface area contributed by atoms with Crippen molar-refractivity contribution >= 4 is 11.6 Å². The largest absolute Gasteiger partial charge is 0.376 e. The lowest BCUT2D eigenvalue weighted by Gasteiger charge is -2.18. The van der Waals surface area contributed by atoms with Crippen molar-refractivity contribution < 1.29 is 14.3 Å². The molecule has 0 saturated heterocycles. The van der Waals surface area contributed by atoms with Crippen molar-refractivity contribution in [2.75, 3.05) is 0 Å². The van der Waals surface area contributed by atoms with E-state index in [9.17, 15) is 9.59 Å². The van der Waals surface area contributed by atoms with Crippen LogP contribution in [-0.2, 0) is 14.3 Å². The summed E-state index contributed by atoms with van der Waals surface area (Å²) in [5.74, 6) is 0.573. The van der Waals surface area contributed by atoms with Gasteiger partial charge in [-0.2, -0.15) is 0 Å². The van der Waals surface area contributed by atoms with Gasteiger partial charge in [0.05, 0.1) is 12.2 Å². The second kappa shape index (κ2) is 9.34. The summed E-state index contributed by atoms with van der Waals surface area (Å²) in [5, 5.41) is 0. The molecule has 0 aromatic carbocycles. The Hall–Kier alpha value is -0.700. The molecule has 0 rings (SSSR count).